The van der Waals surface area contributed by atoms with Crippen LogP contribution in [0.15, 0.2) is 6.07 Å². The Bertz CT molecular complexity index is 383. The van der Waals surface area contributed by atoms with E-state index in [0.29, 0.717) is 11.9 Å². The topological polar surface area (TPSA) is 67.1 Å². The van der Waals surface area contributed by atoms with Gasteiger partial charge in [-0.15, -0.1) is 0 Å². The van der Waals surface area contributed by atoms with Crippen molar-refractivity contribution in [3.8, 4) is 0 Å². The van der Waals surface area contributed by atoms with Gasteiger partial charge in [0, 0.05) is 25.1 Å². The first kappa shape index (κ1) is 14.1. The Kier molecular flexibility index (Phi) is 4.96. The standard InChI is InChI=1S/C14H25N5/c1-3-7-11-8-5-6-9-19(11)14-10-13(18-15)16-12(4-2)17-14/h10-11H,3-9,15H2,1-2H3,(H,16,17,18). The summed E-state index contributed by atoms with van der Waals surface area (Å²) in [5.41, 5.74) is 2.65. The van der Waals surface area contributed by atoms with Gasteiger partial charge in [0.15, 0.2) is 0 Å². The minimum atomic E-state index is 0.615. The minimum absolute atomic E-state index is 0.615. The van der Waals surface area contributed by atoms with E-state index in [9.17, 15) is 0 Å². The number of rotatable bonds is 5. The summed E-state index contributed by atoms with van der Waals surface area (Å²) in [6, 6.07) is 2.58. The third kappa shape index (κ3) is 3.35. The first-order valence-corrected chi connectivity index (χ1v) is 7.39. The molecular formula is C14H25N5. The fraction of sp³-hybridized carbons (Fsp3) is 0.714. The third-order valence-electron chi connectivity index (χ3n) is 3.77. The summed E-state index contributed by atoms with van der Waals surface area (Å²) in [5.74, 6) is 8.10. The predicted molar refractivity (Wildman–Crippen MR) is 79.1 cm³/mol. The lowest BCUT2D eigenvalue weighted by molar-refractivity contribution is 0.431. The molecule has 1 aliphatic heterocycles. The molecule has 2 rings (SSSR count). The minimum Gasteiger partial charge on any atom is -0.353 e. The number of nitrogens with two attached hydrogens (primary N) is 1. The van der Waals surface area contributed by atoms with Gasteiger partial charge in [0.25, 0.3) is 0 Å². The van der Waals surface area contributed by atoms with Crippen LogP contribution in [0.3, 0.4) is 0 Å². The van der Waals surface area contributed by atoms with Crippen molar-refractivity contribution in [2.45, 2.75) is 58.4 Å². The molecule has 106 valence electrons. The number of nitrogens with zero attached hydrogens (tertiary/aromatic N) is 3. The third-order valence-corrected chi connectivity index (χ3v) is 3.77. The van der Waals surface area contributed by atoms with Crippen LogP contribution in [0.2, 0.25) is 0 Å². The molecule has 1 aromatic heterocycles. The fourth-order valence-corrected chi connectivity index (χ4v) is 2.80. The van der Waals surface area contributed by atoms with Gasteiger partial charge in [-0.3, -0.25) is 0 Å². The van der Waals surface area contributed by atoms with Gasteiger partial charge in [-0.1, -0.05) is 20.3 Å². The van der Waals surface area contributed by atoms with Crippen LogP contribution in [0.4, 0.5) is 11.6 Å². The number of nitrogens with one attached hydrogen (secondary N) is 1. The fourth-order valence-electron chi connectivity index (χ4n) is 2.80. The summed E-state index contributed by atoms with van der Waals surface area (Å²) >= 11 is 0. The number of nitrogen functional groups attached to an aromatic ring is 1. The summed E-state index contributed by atoms with van der Waals surface area (Å²) < 4.78 is 0. The van der Waals surface area contributed by atoms with Crippen LogP contribution in [0.5, 0.6) is 0 Å². The summed E-state index contributed by atoms with van der Waals surface area (Å²) in [7, 11) is 0. The molecule has 0 saturated carbocycles. The first-order valence-electron chi connectivity index (χ1n) is 7.39. The second-order valence-corrected chi connectivity index (χ2v) is 5.16. The van der Waals surface area contributed by atoms with E-state index in [-0.39, 0.29) is 0 Å². The molecule has 0 aliphatic carbocycles. The molecule has 5 heteroatoms. The van der Waals surface area contributed by atoms with Gasteiger partial charge < -0.3 is 10.3 Å². The van der Waals surface area contributed by atoms with E-state index < -0.39 is 0 Å². The molecule has 2 heterocycles. The lowest BCUT2D eigenvalue weighted by Crippen LogP contribution is -2.40. The van der Waals surface area contributed by atoms with Crippen LogP contribution >= 0.6 is 0 Å². The summed E-state index contributed by atoms with van der Waals surface area (Å²) in [6.45, 7) is 5.41. The summed E-state index contributed by atoms with van der Waals surface area (Å²) in [4.78, 5) is 11.5. The molecule has 0 radical (unpaired) electrons. The van der Waals surface area contributed by atoms with Crippen molar-refractivity contribution >= 4 is 11.6 Å². The number of piperidine rings is 1. The molecule has 0 spiro atoms. The van der Waals surface area contributed by atoms with Crippen LogP contribution in [0.25, 0.3) is 0 Å². The predicted octanol–water partition coefficient (Wildman–Crippen LogP) is 2.48. The zero-order valence-electron chi connectivity index (χ0n) is 12.0. The van der Waals surface area contributed by atoms with Crippen molar-refractivity contribution in [3.05, 3.63) is 11.9 Å². The maximum absolute atomic E-state index is 5.51. The Hall–Kier alpha value is -1.36. The molecule has 1 aromatic rings. The normalized spacial score (nSPS) is 19.5. The van der Waals surface area contributed by atoms with Crippen LogP contribution in [-0.4, -0.2) is 22.6 Å². The van der Waals surface area contributed by atoms with E-state index in [2.05, 4.69) is 34.1 Å². The van der Waals surface area contributed by atoms with Gasteiger partial charge >= 0.3 is 0 Å². The maximum Gasteiger partial charge on any atom is 0.145 e. The van der Waals surface area contributed by atoms with E-state index in [1.165, 1.54) is 32.1 Å². The van der Waals surface area contributed by atoms with Gasteiger partial charge in [-0.05, 0) is 25.7 Å². The van der Waals surface area contributed by atoms with E-state index in [4.69, 9.17) is 5.84 Å². The van der Waals surface area contributed by atoms with Crippen LogP contribution < -0.4 is 16.2 Å². The summed E-state index contributed by atoms with van der Waals surface area (Å²) in [6.07, 6.45) is 7.12. The average Bonchev–Trinajstić information content (AvgIpc) is 2.47. The van der Waals surface area contributed by atoms with Crippen LogP contribution in [0.1, 0.15) is 51.8 Å². The molecule has 5 nitrogen and oxygen atoms in total. The van der Waals surface area contributed by atoms with Gasteiger partial charge in [0.2, 0.25) is 0 Å². The van der Waals surface area contributed by atoms with E-state index >= 15 is 0 Å². The Morgan fingerprint density at radius 3 is 2.89 bits per heavy atom. The number of aromatic nitrogens is 2. The molecule has 1 saturated heterocycles. The lowest BCUT2D eigenvalue weighted by Gasteiger charge is -2.37. The molecule has 0 aromatic carbocycles. The van der Waals surface area contributed by atoms with E-state index in [1.54, 1.807) is 0 Å². The Morgan fingerprint density at radius 2 is 2.21 bits per heavy atom. The monoisotopic (exact) mass is 263 g/mol. The zero-order valence-corrected chi connectivity index (χ0v) is 12.0. The highest BCUT2D eigenvalue weighted by Crippen LogP contribution is 2.27. The molecule has 1 fully saturated rings. The molecule has 1 atom stereocenters. The quantitative estimate of drug-likeness (QED) is 0.631. The summed E-state index contributed by atoms with van der Waals surface area (Å²) in [5, 5.41) is 0. The molecule has 1 unspecified atom stereocenters. The molecule has 1 aliphatic rings. The van der Waals surface area contributed by atoms with Crippen molar-refractivity contribution in [2.24, 2.45) is 5.84 Å². The molecule has 0 bridgehead atoms. The van der Waals surface area contributed by atoms with Crippen molar-refractivity contribution in [1.29, 1.82) is 0 Å². The second kappa shape index (κ2) is 6.70. The lowest BCUT2D eigenvalue weighted by atomic mass is 9.98. The number of hydrazine groups is 1. The van der Waals surface area contributed by atoms with Gasteiger partial charge in [-0.25, -0.2) is 15.8 Å². The molecular weight excluding hydrogens is 238 g/mol. The van der Waals surface area contributed by atoms with Crippen molar-refractivity contribution < 1.29 is 0 Å². The van der Waals surface area contributed by atoms with Crippen molar-refractivity contribution in [3.63, 3.8) is 0 Å². The van der Waals surface area contributed by atoms with Crippen molar-refractivity contribution in [2.75, 3.05) is 16.9 Å². The zero-order chi connectivity index (χ0) is 13.7. The number of aryl methyl sites for hydroxylation is 1. The SMILES string of the molecule is CCCC1CCCCN1c1cc(NN)nc(CC)n1. The van der Waals surface area contributed by atoms with Crippen LogP contribution in [0, 0.1) is 0 Å². The molecule has 0 amide bonds. The number of hydrogen-bond donors (Lipinski definition) is 2. The smallest absolute Gasteiger partial charge is 0.145 e. The van der Waals surface area contributed by atoms with E-state index in [0.717, 1.165) is 24.6 Å². The largest absolute Gasteiger partial charge is 0.353 e. The van der Waals surface area contributed by atoms with Crippen LogP contribution in [-0.2, 0) is 6.42 Å². The second-order valence-electron chi connectivity index (χ2n) is 5.16. The highest BCUT2D eigenvalue weighted by atomic mass is 15.3. The maximum atomic E-state index is 5.51. The Labute approximate surface area is 115 Å². The Balaban J connectivity index is 2.26. The van der Waals surface area contributed by atoms with Crippen molar-refractivity contribution in [1.82, 2.24) is 9.97 Å². The number of anilines is 2. The van der Waals surface area contributed by atoms with Gasteiger partial charge in [0.05, 0.1) is 0 Å². The van der Waals surface area contributed by atoms with E-state index in [1.807, 2.05) is 6.07 Å². The number of hydrogen-bond acceptors (Lipinski definition) is 5. The highest BCUT2D eigenvalue weighted by molar-refractivity contribution is 5.50. The Morgan fingerprint density at radius 1 is 1.37 bits per heavy atom. The highest BCUT2D eigenvalue weighted by Gasteiger charge is 2.23. The van der Waals surface area contributed by atoms with Gasteiger partial charge in [-0.2, -0.15) is 0 Å². The van der Waals surface area contributed by atoms with Gasteiger partial charge in [0.1, 0.15) is 17.5 Å². The average molecular weight is 263 g/mol. The first-order chi connectivity index (χ1) is 9.28. The molecule has 19 heavy (non-hydrogen) atoms. The molecule has 3 N–H and O–H groups in total.